The number of benzene rings is 2. The monoisotopic (exact) mass is 508 g/mol. The van der Waals surface area contributed by atoms with Gasteiger partial charge in [-0.3, -0.25) is 0 Å². The molecule has 0 aromatic heterocycles. The van der Waals surface area contributed by atoms with Crippen LogP contribution in [-0.2, 0) is 12.8 Å². The van der Waals surface area contributed by atoms with Gasteiger partial charge in [0.1, 0.15) is 0 Å². The third kappa shape index (κ3) is 3.55. The maximum absolute atomic E-state index is 2.58. The van der Waals surface area contributed by atoms with E-state index in [0.29, 0.717) is 0 Å². The summed E-state index contributed by atoms with van der Waals surface area (Å²) in [4.78, 5) is 0. The molecule has 0 spiro atoms. The molecule has 0 radical (unpaired) electrons. The Labute approximate surface area is 183 Å². The Morgan fingerprint density at radius 1 is 0.586 bits per heavy atom. The van der Waals surface area contributed by atoms with Crippen LogP contribution < -0.4 is 0 Å². The van der Waals surface area contributed by atoms with Gasteiger partial charge in [-0.25, -0.2) is 0 Å². The van der Waals surface area contributed by atoms with Gasteiger partial charge in [0.25, 0.3) is 0 Å². The van der Waals surface area contributed by atoms with Crippen LogP contribution in [0.25, 0.3) is 8.81 Å². The zero-order valence-electron chi connectivity index (χ0n) is 19.5. The van der Waals surface area contributed by atoms with Crippen LogP contribution in [0.3, 0.4) is 0 Å². The molecule has 2 aromatic carbocycles. The molecule has 4 rings (SSSR count). The van der Waals surface area contributed by atoms with Gasteiger partial charge >= 0.3 is 184 Å². The average Bonchev–Trinajstić information content (AvgIpc) is 3.20. The fourth-order valence-corrected chi connectivity index (χ4v) is 15.6. The van der Waals surface area contributed by atoms with Gasteiger partial charge in [0.15, 0.2) is 0 Å². The SMILES string of the molecule is CC(C)(C1=[C]([Ge]([CH3])([CH3])[CH3])c2ccccc2C1)C1=[C]([Ge]([CH3])([CH3])[CH3])c2ccccc2C1. The van der Waals surface area contributed by atoms with E-state index >= 15 is 0 Å². The molecule has 0 heterocycles. The summed E-state index contributed by atoms with van der Waals surface area (Å²) in [6.45, 7) is 5.08. The van der Waals surface area contributed by atoms with Crippen LogP contribution in [0.15, 0.2) is 59.7 Å². The van der Waals surface area contributed by atoms with Gasteiger partial charge in [0.05, 0.1) is 0 Å². The first-order chi connectivity index (χ1) is 13.4. The molecular formula is C27H36Ge2. The van der Waals surface area contributed by atoms with E-state index in [1.54, 1.807) is 42.2 Å². The summed E-state index contributed by atoms with van der Waals surface area (Å²) in [7, 11) is 0. The first-order valence-corrected chi connectivity index (χ1v) is 25.8. The van der Waals surface area contributed by atoms with Gasteiger partial charge in [-0.05, 0) is 0 Å². The Bertz CT molecular complexity index is 953. The van der Waals surface area contributed by atoms with Crippen LogP contribution in [0.5, 0.6) is 0 Å². The summed E-state index contributed by atoms with van der Waals surface area (Å²) >= 11 is -4.08. The molecule has 0 fully saturated rings. The molecule has 0 saturated heterocycles. The molecule has 2 aliphatic rings. The molecule has 2 aromatic rings. The van der Waals surface area contributed by atoms with Crippen molar-refractivity contribution in [1.29, 1.82) is 0 Å². The molecule has 0 aliphatic heterocycles. The normalized spacial score (nSPS) is 17.1. The molecule has 2 heteroatoms. The van der Waals surface area contributed by atoms with Crippen LogP contribution in [0.4, 0.5) is 0 Å². The van der Waals surface area contributed by atoms with Crippen LogP contribution in [-0.4, -0.2) is 26.5 Å². The number of rotatable bonds is 4. The van der Waals surface area contributed by atoms with Crippen LogP contribution in [0, 0.1) is 5.41 Å². The van der Waals surface area contributed by atoms with Gasteiger partial charge in [-0.2, -0.15) is 0 Å². The Morgan fingerprint density at radius 3 is 1.28 bits per heavy atom. The van der Waals surface area contributed by atoms with E-state index in [-0.39, 0.29) is 5.41 Å². The van der Waals surface area contributed by atoms with Crippen molar-refractivity contribution in [3.63, 3.8) is 0 Å². The van der Waals surface area contributed by atoms with E-state index in [9.17, 15) is 0 Å². The van der Waals surface area contributed by atoms with Crippen LogP contribution in [0.1, 0.15) is 36.1 Å². The molecule has 0 nitrogen and oxygen atoms in total. The van der Waals surface area contributed by atoms with Gasteiger partial charge in [0.2, 0.25) is 0 Å². The van der Waals surface area contributed by atoms with Gasteiger partial charge in [-0.15, -0.1) is 0 Å². The topological polar surface area (TPSA) is 0 Å². The van der Waals surface area contributed by atoms with Gasteiger partial charge in [0, 0.05) is 0 Å². The Morgan fingerprint density at radius 2 is 0.931 bits per heavy atom. The van der Waals surface area contributed by atoms with Crippen molar-refractivity contribution in [2.75, 3.05) is 0 Å². The second-order valence-electron chi connectivity index (χ2n) is 11.5. The third-order valence-corrected chi connectivity index (χ3v) is 15.6. The molecule has 152 valence electrons. The number of hydrogen-bond acceptors (Lipinski definition) is 0. The minimum atomic E-state index is -2.04. The predicted molar refractivity (Wildman–Crippen MR) is 135 cm³/mol. The second kappa shape index (κ2) is 7.02. The van der Waals surface area contributed by atoms with Crippen molar-refractivity contribution in [3.05, 3.63) is 81.9 Å². The van der Waals surface area contributed by atoms with Crippen molar-refractivity contribution in [1.82, 2.24) is 0 Å². The molecule has 2 aliphatic carbocycles. The summed E-state index contributed by atoms with van der Waals surface area (Å²) < 4.78 is 3.55. The van der Waals surface area contributed by atoms with Crippen LogP contribution >= 0.6 is 0 Å². The van der Waals surface area contributed by atoms with Gasteiger partial charge in [-0.1, -0.05) is 0 Å². The zero-order chi connectivity index (χ0) is 21.2. The van der Waals surface area contributed by atoms with Crippen molar-refractivity contribution < 1.29 is 0 Å². The van der Waals surface area contributed by atoms with E-state index < -0.39 is 26.5 Å². The van der Waals surface area contributed by atoms with Crippen molar-refractivity contribution in [3.8, 4) is 0 Å². The third-order valence-electron chi connectivity index (χ3n) is 6.92. The maximum atomic E-state index is 2.58. The van der Waals surface area contributed by atoms with E-state index in [0.717, 1.165) is 12.8 Å². The molecule has 0 N–H and O–H groups in total. The number of allylic oxidation sites excluding steroid dienone is 2. The number of hydrogen-bond donors (Lipinski definition) is 0. The Kier molecular flexibility index (Phi) is 5.14. The summed E-state index contributed by atoms with van der Waals surface area (Å²) in [6.07, 6.45) is 2.29. The number of fused-ring (bicyclic) bond motifs is 2. The van der Waals surface area contributed by atoms with Crippen molar-refractivity contribution in [2.24, 2.45) is 5.41 Å². The van der Waals surface area contributed by atoms with E-state index in [1.165, 1.54) is 0 Å². The first kappa shape index (κ1) is 21.2. The summed E-state index contributed by atoms with van der Waals surface area (Å²) in [5, 5.41) is 0. The minimum absolute atomic E-state index is 0.125. The summed E-state index contributed by atoms with van der Waals surface area (Å²) in [6, 6.07) is 18.5. The quantitative estimate of drug-likeness (QED) is 0.372. The zero-order valence-corrected chi connectivity index (χ0v) is 23.7. The first-order valence-electron chi connectivity index (χ1n) is 11.1. The predicted octanol–water partition coefficient (Wildman–Crippen LogP) is 7.79. The fraction of sp³-hybridized carbons (Fsp3) is 0.407. The van der Waals surface area contributed by atoms with E-state index in [1.807, 2.05) is 0 Å². The van der Waals surface area contributed by atoms with E-state index in [4.69, 9.17) is 0 Å². The Hall–Kier alpha value is -0.994. The molecular weight excluding hydrogens is 470 g/mol. The summed E-state index contributed by atoms with van der Waals surface area (Å²) in [5.74, 6) is 15.5. The van der Waals surface area contributed by atoms with Crippen molar-refractivity contribution in [2.45, 2.75) is 61.2 Å². The molecule has 0 amide bonds. The molecule has 0 unspecified atom stereocenters. The molecule has 29 heavy (non-hydrogen) atoms. The average molecular weight is 506 g/mol. The standard InChI is InChI=1S/C27H36Ge2/c1-27(2,23-17-19-13-9-11-15-21(19)25(23)28(3,4)5)24-18-20-14-10-12-16-22(20)26(24)29(6,7)8/h9-16H,17-18H2,1-8H3. The summed E-state index contributed by atoms with van der Waals surface area (Å²) in [5.41, 5.74) is 9.84. The van der Waals surface area contributed by atoms with Crippen molar-refractivity contribution >= 4 is 35.3 Å². The van der Waals surface area contributed by atoms with Crippen LogP contribution in [0.2, 0.25) is 34.5 Å². The molecule has 0 atom stereocenters. The second-order valence-corrected chi connectivity index (χ2v) is 32.5. The Balaban J connectivity index is 1.95. The van der Waals surface area contributed by atoms with E-state index in [2.05, 4.69) is 96.9 Å². The molecule has 0 bridgehead atoms. The fourth-order valence-electron chi connectivity index (χ4n) is 5.68. The molecule has 0 saturated carbocycles. The van der Waals surface area contributed by atoms with Gasteiger partial charge < -0.3 is 0 Å².